The highest BCUT2D eigenvalue weighted by Crippen LogP contribution is 2.11. The topological polar surface area (TPSA) is 49.8 Å². The molecule has 1 rings (SSSR count). The van der Waals surface area contributed by atoms with E-state index >= 15 is 0 Å². The third-order valence-corrected chi connectivity index (χ3v) is 1.88. The average Bonchev–Trinajstić information content (AvgIpc) is 2.34. The van der Waals surface area contributed by atoms with Crippen molar-refractivity contribution in [3.8, 4) is 6.07 Å². The molecule has 4 heteroatoms. The number of hydrogen-bond acceptors (Lipinski definition) is 3. The lowest BCUT2D eigenvalue weighted by Crippen LogP contribution is -1.92. The second-order valence-electron chi connectivity index (χ2n) is 1.64. The van der Waals surface area contributed by atoms with Crippen LogP contribution in [-0.2, 0) is 6.54 Å². The van der Waals surface area contributed by atoms with Gasteiger partial charge in [0.2, 0.25) is 0 Å². The van der Waals surface area contributed by atoms with E-state index in [9.17, 15) is 0 Å². The Bertz CT molecular complexity index is 238. The van der Waals surface area contributed by atoms with E-state index in [1.165, 1.54) is 11.3 Å². The predicted octanol–water partition coefficient (Wildman–Crippen LogP) is 1.50. The van der Waals surface area contributed by atoms with Crippen LogP contribution in [-0.4, -0.2) is 0 Å². The number of nitriles is 1. The number of thiophene rings is 1. The van der Waals surface area contributed by atoms with Crippen molar-refractivity contribution >= 4 is 23.7 Å². The van der Waals surface area contributed by atoms with Gasteiger partial charge < -0.3 is 5.73 Å². The number of hydrogen-bond donors (Lipinski definition) is 1. The fraction of sp³-hybridized carbons (Fsp3) is 0.167. The molecular formula is C6H7ClN2S. The third-order valence-electron chi connectivity index (χ3n) is 1.000. The molecular weight excluding hydrogens is 168 g/mol. The lowest BCUT2D eigenvalue weighted by molar-refractivity contribution is 1.08. The van der Waals surface area contributed by atoms with Gasteiger partial charge in [0, 0.05) is 6.54 Å². The van der Waals surface area contributed by atoms with Gasteiger partial charge >= 0.3 is 0 Å². The largest absolute Gasteiger partial charge is 0.326 e. The Morgan fingerprint density at radius 3 is 2.70 bits per heavy atom. The Labute approximate surface area is 69.7 Å². The molecule has 0 aliphatic carbocycles. The molecule has 54 valence electrons. The molecule has 0 radical (unpaired) electrons. The van der Waals surface area contributed by atoms with E-state index in [4.69, 9.17) is 11.0 Å². The molecule has 0 saturated heterocycles. The molecule has 0 atom stereocenters. The normalized spacial score (nSPS) is 8.00. The van der Waals surface area contributed by atoms with Crippen molar-refractivity contribution in [2.24, 2.45) is 5.73 Å². The highest BCUT2D eigenvalue weighted by molar-refractivity contribution is 7.10. The van der Waals surface area contributed by atoms with Crippen LogP contribution in [0.2, 0.25) is 0 Å². The molecule has 2 N–H and O–H groups in total. The number of halogens is 1. The SMILES string of the molecule is Cl.N#Cc1cc(CN)cs1. The summed E-state index contributed by atoms with van der Waals surface area (Å²) in [6, 6.07) is 3.85. The lowest BCUT2D eigenvalue weighted by atomic mass is 10.3. The zero-order valence-electron chi connectivity index (χ0n) is 5.20. The summed E-state index contributed by atoms with van der Waals surface area (Å²) in [6.07, 6.45) is 0. The summed E-state index contributed by atoms with van der Waals surface area (Å²) in [4.78, 5) is 0.732. The van der Waals surface area contributed by atoms with Crippen LogP contribution in [0.25, 0.3) is 0 Å². The highest BCUT2D eigenvalue weighted by Gasteiger charge is 1.93. The lowest BCUT2D eigenvalue weighted by Gasteiger charge is -1.80. The van der Waals surface area contributed by atoms with Gasteiger partial charge in [-0.1, -0.05) is 0 Å². The van der Waals surface area contributed by atoms with Crippen LogP contribution >= 0.6 is 23.7 Å². The van der Waals surface area contributed by atoms with Crippen LogP contribution in [0.15, 0.2) is 11.4 Å². The van der Waals surface area contributed by atoms with Crippen molar-refractivity contribution in [2.45, 2.75) is 6.54 Å². The molecule has 0 bridgehead atoms. The van der Waals surface area contributed by atoms with E-state index in [0.29, 0.717) is 6.54 Å². The van der Waals surface area contributed by atoms with Gasteiger partial charge in [0.1, 0.15) is 10.9 Å². The van der Waals surface area contributed by atoms with Gasteiger partial charge in [-0.3, -0.25) is 0 Å². The van der Waals surface area contributed by atoms with Crippen molar-refractivity contribution in [2.75, 3.05) is 0 Å². The molecule has 1 aromatic rings. The Balaban J connectivity index is 0.000000810. The quantitative estimate of drug-likeness (QED) is 0.702. The fourth-order valence-corrected chi connectivity index (χ4v) is 1.26. The molecule has 1 aromatic heterocycles. The van der Waals surface area contributed by atoms with Gasteiger partial charge in [-0.2, -0.15) is 5.26 Å². The van der Waals surface area contributed by atoms with E-state index in [0.717, 1.165) is 10.4 Å². The summed E-state index contributed by atoms with van der Waals surface area (Å²) in [5.74, 6) is 0. The standard InChI is InChI=1S/C6H6N2S.ClH/c7-2-5-1-6(3-8)9-4-5;/h1,4H,2,7H2;1H. The third kappa shape index (κ3) is 1.99. The Hall–Kier alpha value is -0.560. The van der Waals surface area contributed by atoms with E-state index < -0.39 is 0 Å². The summed E-state index contributed by atoms with van der Waals surface area (Å²) in [7, 11) is 0. The molecule has 2 nitrogen and oxygen atoms in total. The van der Waals surface area contributed by atoms with Crippen LogP contribution in [0.4, 0.5) is 0 Å². The summed E-state index contributed by atoms with van der Waals surface area (Å²) < 4.78 is 0. The minimum Gasteiger partial charge on any atom is -0.326 e. The molecule has 0 aromatic carbocycles. The molecule has 0 aliphatic heterocycles. The van der Waals surface area contributed by atoms with Gasteiger partial charge in [0.05, 0.1) is 0 Å². The van der Waals surface area contributed by atoms with Gasteiger partial charge in [0.15, 0.2) is 0 Å². The van der Waals surface area contributed by atoms with Crippen molar-refractivity contribution in [3.05, 3.63) is 21.9 Å². The first kappa shape index (κ1) is 9.44. The second-order valence-corrected chi connectivity index (χ2v) is 2.55. The van der Waals surface area contributed by atoms with Gasteiger partial charge in [-0.05, 0) is 17.0 Å². The zero-order chi connectivity index (χ0) is 6.69. The van der Waals surface area contributed by atoms with Gasteiger partial charge in [-0.15, -0.1) is 23.7 Å². The maximum Gasteiger partial charge on any atom is 0.110 e. The van der Waals surface area contributed by atoms with Crippen LogP contribution in [0.5, 0.6) is 0 Å². The first-order valence-corrected chi connectivity index (χ1v) is 3.42. The second kappa shape index (κ2) is 4.29. The highest BCUT2D eigenvalue weighted by atomic mass is 35.5. The monoisotopic (exact) mass is 174 g/mol. The average molecular weight is 175 g/mol. The van der Waals surface area contributed by atoms with Gasteiger partial charge in [-0.25, -0.2) is 0 Å². The molecule has 0 unspecified atom stereocenters. The van der Waals surface area contributed by atoms with Crippen LogP contribution in [0.3, 0.4) is 0 Å². The van der Waals surface area contributed by atoms with Crippen molar-refractivity contribution in [1.82, 2.24) is 0 Å². The molecule has 1 heterocycles. The molecule has 0 spiro atoms. The van der Waals surface area contributed by atoms with E-state index in [-0.39, 0.29) is 12.4 Å². The number of nitrogens with two attached hydrogens (primary N) is 1. The molecule has 0 fully saturated rings. The Kier molecular flexibility index (Phi) is 4.05. The van der Waals surface area contributed by atoms with E-state index in [2.05, 4.69) is 0 Å². The van der Waals surface area contributed by atoms with Crippen molar-refractivity contribution < 1.29 is 0 Å². The molecule has 0 amide bonds. The molecule has 0 saturated carbocycles. The van der Waals surface area contributed by atoms with Gasteiger partial charge in [0.25, 0.3) is 0 Å². The van der Waals surface area contributed by atoms with E-state index in [1.54, 1.807) is 0 Å². The Morgan fingerprint density at radius 1 is 1.70 bits per heavy atom. The molecule has 0 aliphatic rings. The maximum absolute atomic E-state index is 8.37. The maximum atomic E-state index is 8.37. The first-order chi connectivity index (χ1) is 4.36. The summed E-state index contributed by atoms with van der Waals surface area (Å²) in [5.41, 5.74) is 6.35. The van der Waals surface area contributed by atoms with Crippen molar-refractivity contribution in [3.63, 3.8) is 0 Å². The van der Waals surface area contributed by atoms with Crippen LogP contribution in [0.1, 0.15) is 10.4 Å². The number of nitrogens with zero attached hydrogens (tertiary/aromatic N) is 1. The minimum absolute atomic E-state index is 0. The molecule has 10 heavy (non-hydrogen) atoms. The number of rotatable bonds is 1. The van der Waals surface area contributed by atoms with Crippen LogP contribution in [0, 0.1) is 11.3 Å². The summed E-state index contributed by atoms with van der Waals surface area (Å²) in [5, 5.41) is 10.3. The predicted molar refractivity (Wildman–Crippen MR) is 44.2 cm³/mol. The smallest absolute Gasteiger partial charge is 0.110 e. The summed E-state index contributed by atoms with van der Waals surface area (Å²) >= 11 is 1.43. The summed E-state index contributed by atoms with van der Waals surface area (Å²) in [6.45, 7) is 0.526. The fourth-order valence-electron chi connectivity index (χ4n) is 0.541. The first-order valence-electron chi connectivity index (χ1n) is 2.54. The van der Waals surface area contributed by atoms with Crippen LogP contribution < -0.4 is 5.73 Å². The Morgan fingerprint density at radius 2 is 2.40 bits per heavy atom. The minimum atomic E-state index is 0. The van der Waals surface area contributed by atoms with E-state index in [1.807, 2.05) is 17.5 Å². The zero-order valence-corrected chi connectivity index (χ0v) is 6.84. The van der Waals surface area contributed by atoms with Crippen molar-refractivity contribution in [1.29, 1.82) is 5.26 Å².